The van der Waals surface area contributed by atoms with Gasteiger partial charge in [0.2, 0.25) is 0 Å². The average Bonchev–Trinajstić information content (AvgIpc) is 2.44. The van der Waals surface area contributed by atoms with Crippen molar-refractivity contribution in [3.8, 4) is 0 Å². The molecule has 2 rings (SSSR count). The smallest absolute Gasteiger partial charge is 0.293 e. The normalized spacial score (nSPS) is 16.9. The van der Waals surface area contributed by atoms with Gasteiger partial charge >= 0.3 is 0 Å². The number of halogens is 2. The lowest BCUT2D eigenvalue weighted by molar-refractivity contribution is -0.384. The second-order valence-electron chi connectivity index (χ2n) is 5.30. The molecule has 0 unspecified atom stereocenters. The fraction of sp³-hybridized carbons (Fsp3) is 0.571. The fourth-order valence-electron chi connectivity index (χ4n) is 2.64. The number of nitrogens with zero attached hydrogens (tertiary/aromatic N) is 2. The number of nitrogens with one attached hydrogen (secondary N) is 1. The van der Waals surface area contributed by atoms with E-state index in [9.17, 15) is 14.5 Å². The number of piperidine rings is 1. The van der Waals surface area contributed by atoms with Crippen molar-refractivity contribution in [1.29, 1.82) is 0 Å². The van der Waals surface area contributed by atoms with Gasteiger partial charge in [-0.1, -0.05) is 6.92 Å². The zero-order valence-electron chi connectivity index (χ0n) is 11.9. The highest BCUT2D eigenvalue weighted by molar-refractivity contribution is 14.1. The fourth-order valence-corrected chi connectivity index (χ4v) is 3.09. The minimum absolute atomic E-state index is 0.0585. The molecule has 0 saturated carbocycles. The molecule has 0 bridgehead atoms. The number of benzene rings is 1. The van der Waals surface area contributed by atoms with E-state index in [-0.39, 0.29) is 21.0 Å². The van der Waals surface area contributed by atoms with E-state index in [1.54, 1.807) is 22.6 Å². The van der Waals surface area contributed by atoms with Crippen molar-refractivity contribution in [3.05, 3.63) is 31.6 Å². The molecule has 7 heteroatoms. The summed E-state index contributed by atoms with van der Waals surface area (Å²) in [4.78, 5) is 13.0. The van der Waals surface area contributed by atoms with Crippen LogP contribution in [0.25, 0.3) is 0 Å². The Morgan fingerprint density at radius 3 is 2.71 bits per heavy atom. The Morgan fingerprint density at radius 2 is 2.14 bits per heavy atom. The van der Waals surface area contributed by atoms with E-state index in [2.05, 4.69) is 17.1 Å². The predicted molar refractivity (Wildman–Crippen MR) is 89.1 cm³/mol. The molecule has 1 aliphatic heterocycles. The zero-order valence-corrected chi connectivity index (χ0v) is 14.1. The number of likely N-dealkylation sites (tertiary alicyclic amines) is 1. The van der Waals surface area contributed by atoms with E-state index >= 15 is 0 Å². The van der Waals surface area contributed by atoms with E-state index < -0.39 is 10.7 Å². The summed E-state index contributed by atoms with van der Waals surface area (Å²) in [7, 11) is 0. The Kier molecular flexibility index (Phi) is 5.74. The Bertz CT molecular complexity index is 519. The third kappa shape index (κ3) is 4.26. The summed E-state index contributed by atoms with van der Waals surface area (Å²) >= 11 is 1.77. The maximum absolute atomic E-state index is 13.7. The summed E-state index contributed by atoms with van der Waals surface area (Å²) < 4.78 is 13.9. The second-order valence-corrected chi connectivity index (χ2v) is 6.46. The Labute approximate surface area is 137 Å². The molecule has 0 radical (unpaired) electrons. The third-order valence-corrected chi connectivity index (χ3v) is 4.55. The van der Waals surface area contributed by atoms with E-state index in [1.165, 1.54) is 12.1 Å². The zero-order chi connectivity index (χ0) is 15.4. The van der Waals surface area contributed by atoms with E-state index in [4.69, 9.17) is 0 Å². The molecule has 21 heavy (non-hydrogen) atoms. The van der Waals surface area contributed by atoms with Gasteiger partial charge in [0.05, 0.1) is 8.49 Å². The molecule has 1 heterocycles. The maximum atomic E-state index is 13.7. The predicted octanol–water partition coefficient (Wildman–Crippen LogP) is 3.62. The highest BCUT2D eigenvalue weighted by Gasteiger charge is 2.23. The highest BCUT2D eigenvalue weighted by atomic mass is 127. The van der Waals surface area contributed by atoms with Gasteiger partial charge in [-0.3, -0.25) is 10.1 Å². The van der Waals surface area contributed by atoms with Gasteiger partial charge < -0.3 is 10.2 Å². The van der Waals surface area contributed by atoms with E-state index in [1.807, 2.05) is 0 Å². The van der Waals surface area contributed by atoms with Crippen molar-refractivity contribution in [2.75, 3.05) is 25.0 Å². The molecule has 1 aromatic carbocycles. The van der Waals surface area contributed by atoms with Gasteiger partial charge in [0.1, 0.15) is 11.5 Å². The average molecular weight is 407 g/mol. The molecule has 1 saturated heterocycles. The largest absolute Gasteiger partial charge is 0.377 e. The van der Waals surface area contributed by atoms with Crippen molar-refractivity contribution < 1.29 is 9.31 Å². The molecule has 0 aromatic heterocycles. The highest BCUT2D eigenvalue weighted by Crippen LogP contribution is 2.30. The minimum atomic E-state index is -0.462. The lowest BCUT2D eigenvalue weighted by Crippen LogP contribution is -2.39. The Balaban J connectivity index is 2.06. The molecule has 0 atom stereocenters. The van der Waals surface area contributed by atoms with Crippen LogP contribution in [0.4, 0.5) is 15.8 Å². The Morgan fingerprint density at radius 1 is 1.48 bits per heavy atom. The molecule has 116 valence electrons. The summed E-state index contributed by atoms with van der Waals surface area (Å²) in [5.74, 6) is -0.424. The number of rotatable bonds is 5. The molecule has 0 aliphatic carbocycles. The first kappa shape index (κ1) is 16.4. The molecule has 0 amide bonds. The lowest BCUT2D eigenvalue weighted by atomic mass is 10.0. The number of anilines is 1. The van der Waals surface area contributed by atoms with Gasteiger partial charge in [0.25, 0.3) is 5.69 Å². The number of nitro benzene ring substituents is 1. The van der Waals surface area contributed by atoms with Gasteiger partial charge in [-0.2, -0.15) is 0 Å². The van der Waals surface area contributed by atoms with Gasteiger partial charge in [0, 0.05) is 31.3 Å². The van der Waals surface area contributed by atoms with E-state index in [0.29, 0.717) is 0 Å². The lowest BCUT2D eigenvalue weighted by Gasteiger charge is -2.32. The molecular weight excluding hydrogens is 388 g/mol. The maximum Gasteiger partial charge on any atom is 0.293 e. The molecular formula is C14H19FIN3O2. The van der Waals surface area contributed by atoms with Gasteiger partial charge in [-0.25, -0.2) is 4.39 Å². The topological polar surface area (TPSA) is 58.4 Å². The summed E-state index contributed by atoms with van der Waals surface area (Å²) in [5, 5.41) is 14.2. The molecule has 5 nitrogen and oxygen atoms in total. The van der Waals surface area contributed by atoms with Crippen LogP contribution in [0.15, 0.2) is 12.1 Å². The molecule has 1 aliphatic rings. The van der Waals surface area contributed by atoms with Crippen LogP contribution in [0, 0.1) is 19.5 Å². The first-order chi connectivity index (χ1) is 10.0. The molecule has 0 spiro atoms. The van der Waals surface area contributed by atoms with Crippen LogP contribution in [-0.2, 0) is 0 Å². The minimum Gasteiger partial charge on any atom is -0.377 e. The first-order valence-corrected chi connectivity index (χ1v) is 8.21. The van der Waals surface area contributed by atoms with Crippen molar-refractivity contribution >= 4 is 34.0 Å². The van der Waals surface area contributed by atoms with Crippen LogP contribution in [0.5, 0.6) is 0 Å². The van der Waals surface area contributed by atoms with Crippen molar-refractivity contribution in [2.45, 2.75) is 32.2 Å². The van der Waals surface area contributed by atoms with Crippen molar-refractivity contribution in [3.63, 3.8) is 0 Å². The summed E-state index contributed by atoms with van der Waals surface area (Å²) in [6.45, 7) is 5.20. The molecule has 1 fully saturated rings. The Hall–Kier alpha value is -0.960. The number of hydrogen-bond donors (Lipinski definition) is 1. The summed E-state index contributed by atoms with van der Waals surface area (Å²) in [6, 6.07) is 2.68. The summed E-state index contributed by atoms with van der Waals surface area (Å²) in [6.07, 6.45) is 2.97. The van der Waals surface area contributed by atoms with Crippen molar-refractivity contribution in [2.24, 2.45) is 0 Å². The van der Waals surface area contributed by atoms with Crippen LogP contribution >= 0.6 is 22.6 Å². The molecule has 1 N–H and O–H groups in total. The standard InChI is InChI=1S/C14H19FIN3O2/c1-2-5-18-6-3-10(4-7-18)17-13-8-11(15)12(16)9-14(13)19(20)21/h8-10,17H,2-7H2,1H3. The first-order valence-electron chi connectivity index (χ1n) is 7.13. The second kappa shape index (κ2) is 7.35. The quantitative estimate of drug-likeness (QED) is 0.460. The van der Waals surface area contributed by atoms with Crippen LogP contribution in [-0.4, -0.2) is 35.5 Å². The van der Waals surface area contributed by atoms with Crippen LogP contribution < -0.4 is 5.32 Å². The SMILES string of the molecule is CCCN1CCC(Nc2cc(F)c(I)cc2[N+](=O)[O-])CC1. The van der Waals surface area contributed by atoms with E-state index in [0.717, 1.165) is 38.9 Å². The van der Waals surface area contributed by atoms with Gasteiger partial charge in [-0.05, 0) is 48.4 Å². The van der Waals surface area contributed by atoms with Gasteiger partial charge in [-0.15, -0.1) is 0 Å². The monoisotopic (exact) mass is 407 g/mol. The van der Waals surface area contributed by atoms with Gasteiger partial charge in [0.15, 0.2) is 0 Å². The number of hydrogen-bond acceptors (Lipinski definition) is 4. The third-order valence-electron chi connectivity index (χ3n) is 3.72. The molecule has 1 aromatic rings. The van der Waals surface area contributed by atoms with Crippen LogP contribution in [0.1, 0.15) is 26.2 Å². The number of nitro groups is 1. The van der Waals surface area contributed by atoms with Crippen molar-refractivity contribution in [1.82, 2.24) is 4.90 Å². The van der Waals surface area contributed by atoms with Crippen LogP contribution in [0.3, 0.4) is 0 Å². The summed E-state index contributed by atoms with van der Waals surface area (Å²) in [5.41, 5.74) is 0.226. The van der Waals surface area contributed by atoms with Crippen LogP contribution in [0.2, 0.25) is 0 Å².